The lowest BCUT2D eigenvalue weighted by atomic mass is 10.0. The third-order valence-electron chi connectivity index (χ3n) is 4.16. The van der Waals surface area contributed by atoms with Crippen molar-refractivity contribution in [2.75, 3.05) is 11.9 Å². The highest BCUT2D eigenvalue weighted by Gasteiger charge is 2.10. The minimum atomic E-state index is -0.00372. The van der Waals surface area contributed by atoms with Gasteiger partial charge in [0.25, 0.3) is 0 Å². The van der Waals surface area contributed by atoms with Crippen molar-refractivity contribution >= 4 is 17.4 Å². The summed E-state index contributed by atoms with van der Waals surface area (Å²) in [6.07, 6.45) is 6.42. The van der Waals surface area contributed by atoms with E-state index in [4.69, 9.17) is 16.3 Å². The Morgan fingerprint density at radius 3 is 2.72 bits per heavy atom. The number of aromatic nitrogens is 2. The number of hydrogen-bond donors (Lipinski definition) is 1. The molecule has 1 unspecified atom stereocenters. The predicted molar refractivity (Wildman–Crippen MR) is 105 cm³/mol. The van der Waals surface area contributed by atoms with E-state index in [2.05, 4.69) is 47.3 Å². The maximum atomic E-state index is 6.20. The summed E-state index contributed by atoms with van der Waals surface area (Å²) < 4.78 is 6.07. The second kappa shape index (κ2) is 9.62. The number of ether oxygens (including phenoxy) is 1. The molecule has 25 heavy (non-hydrogen) atoms. The molecule has 0 spiro atoms. The second-order valence-electron chi connectivity index (χ2n) is 6.49. The number of benzene rings is 1. The molecule has 2 aromatic rings. The third kappa shape index (κ3) is 5.89. The van der Waals surface area contributed by atoms with Crippen LogP contribution in [-0.2, 0) is 6.42 Å². The Labute approximate surface area is 156 Å². The number of halogens is 1. The highest BCUT2D eigenvalue weighted by atomic mass is 35.5. The Hall–Kier alpha value is -1.81. The predicted octanol–water partition coefficient (Wildman–Crippen LogP) is 5.36. The molecule has 4 nitrogen and oxygen atoms in total. The van der Waals surface area contributed by atoms with Crippen LogP contribution < -0.4 is 10.1 Å². The van der Waals surface area contributed by atoms with E-state index in [1.807, 2.05) is 13.8 Å². The molecule has 5 heteroatoms. The van der Waals surface area contributed by atoms with Crippen LogP contribution in [0.2, 0.25) is 5.02 Å². The first kappa shape index (κ1) is 19.5. The van der Waals surface area contributed by atoms with Gasteiger partial charge in [0.1, 0.15) is 29.0 Å². The molecule has 1 atom stereocenters. The first-order valence-corrected chi connectivity index (χ1v) is 9.36. The van der Waals surface area contributed by atoms with E-state index >= 15 is 0 Å². The summed E-state index contributed by atoms with van der Waals surface area (Å²) in [7, 11) is 0. The molecule has 0 saturated carbocycles. The third-order valence-corrected chi connectivity index (χ3v) is 4.61. The van der Waals surface area contributed by atoms with Gasteiger partial charge < -0.3 is 10.1 Å². The van der Waals surface area contributed by atoms with Gasteiger partial charge in [0, 0.05) is 0 Å². The number of rotatable bonds is 9. The van der Waals surface area contributed by atoms with Crippen LogP contribution in [0.15, 0.2) is 24.5 Å². The van der Waals surface area contributed by atoms with Gasteiger partial charge in [-0.25, -0.2) is 9.97 Å². The topological polar surface area (TPSA) is 47.0 Å². The van der Waals surface area contributed by atoms with Crippen LogP contribution in [0.1, 0.15) is 49.9 Å². The average Bonchev–Trinajstić information content (AvgIpc) is 2.59. The van der Waals surface area contributed by atoms with Crippen molar-refractivity contribution in [2.24, 2.45) is 0 Å². The monoisotopic (exact) mass is 361 g/mol. The lowest BCUT2D eigenvalue weighted by Gasteiger charge is -2.18. The molecule has 1 N–H and O–H groups in total. The maximum absolute atomic E-state index is 6.20. The number of nitrogens with zero attached hydrogens (tertiary/aromatic N) is 2. The first-order chi connectivity index (χ1) is 12.0. The van der Waals surface area contributed by atoms with Gasteiger partial charge in [-0.15, -0.1) is 0 Å². The number of aryl methyl sites for hydroxylation is 3. The van der Waals surface area contributed by atoms with E-state index in [-0.39, 0.29) is 6.10 Å². The highest BCUT2D eigenvalue weighted by Crippen LogP contribution is 2.23. The molecule has 0 saturated heterocycles. The summed E-state index contributed by atoms with van der Waals surface area (Å²) in [5.74, 6) is 1.58. The quantitative estimate of drug-likeness (QED) is 0.611. The molecule has 0 amide bonds. The van der Waals surface area contributed by atoms with Crippen molar-refractivity contribution in [3.8, 4) is 5.75 Å². The molecule has 0 aliphatic heterocycles. The number of anilines is 1. The van der Waals surface area contributed by atoms with Crippen LogP contribution >= 0.6 is 11.6 Å². The maximum Gasteiger partial charge on any atom is 0.148 e. The van der Waals surface area contributed by atoms with E-state index in [9.17, 15) is 0 Å². The Morgan fingerprint density at radius 2 is 2.00 bits per heavy atom. The van der Waals surface area contributed by atoms with Crippen LogP contribution in [-0.4, -0.2) is 22.6 Å². The molecule has 0 radical (unpaired) electrons. The zero-order valence-corrected chi connectivity index (χ0v) is 16.4. The number of nitrogens with one attached hydrogen (secondary N) is 1. The van der Waals surface area contributed by atoms with E-state index in [1.54, 1.807) is 0 Å². The van der Waals surface area contributed by atoms with Crippen molar-refractivity contribution in [3.05, 3.63) is 46.4 Å². The van der Waals surface area contributed by atoms with Gasteiger partial charge >= 0.3 is 0 Å². The van der Waals surface area contributed by atoms with Crippen LogP contribution in [0, 0.1) is 13.8 Å². The van der Waals surface area contributed by atoms with Crippen LogP contribution in [0.25, 0.3) is 0 Å². The number of hydrogen-bond acceptors (Lipinski definition) is 4. The second-order valence-corrected chi connectivity index (χ2v) is 6.87. The molecule has 0 aliphatic carbocycles. The lowest BCUT2D eigenvalue weighted by molar-refractivity contribution is 0.233. The first-order valence-electron chi connectivity index (χ1n) is 8.98. The van der Waals surface area contributed by atoms with Gasteiger partial charge in [-0.3, -0.25) is 0 Å². The molecule has 1 aromatic carbocycles. The molecular formula is C20H28ClN3O. The smallest absolute Gasteiger partial charge is 0.148 e. The Kier molecular flexibility index (Phi) is 7.51. The van der Waals surface area contributed by atoms with Gasteiger partial charge in [-0.05, 0) is 50.8 Å². The Balaban J connectivity index is 1.89. The zero-order chi connectivity index (χ0) is 18.2. The van der Waals surface area contributed by atoms with Crippen molar-refractivity contribution in [3.63, 3.8) is 0 Å². The van der Waals surface area contributed by atoms with Crippen molar-refractivity contribution in [1.82, 2.24) is 9.97 Å². The minimum Gasteiger partial charge on any atom is -0.489 e. The summed E-state index contributed by atoms with van der Waals surface area (Å²) in [5.41, 5.74) is 3.33. The van der Waals surface area contributed by atoms with Crippen molar-refractivity contribution in [1.29, 1.82) is 0 Å². The van der Waals surface area contributed by atoms with E-state index in [0.29, 0.717) is 17.4 Å². The zero-order valence-electron chi connectivity index (χ0n) is 15.6. The van der Waals surface area contributed by atoms with E-state index in [1.165, 1.54) is 36.7 Å². The van der Waals surface area contributed by atoms with Crippen LogP contribution in [0.3, 0.4) is 0 Å². The van der Waals surface area contributed by atoms with Crippen LogP contribution in [0.5, 0.6) is 5.75 Å². The fraction of sp³-hybridized carbons (Fsp3) is 0.500. The van der Waals surface area contributed by atoms with Crippen molar-refractivity contribution in [2.45, 2.75) is 59.5 Å². The lowest BCUT2D eigenvalue weighted by Crippen LogP contribution is -2.23. The molecule has 1 heterocycles. The van der Waals surface area contributed by atoms with Gasteiger partial charge in [0.15, 0.2) is 0 Å². The number of unbranched alkanes of at least 4 members (excludes halogenated alkanes) is 2. The minimum absolute atomic E-state index is 0.00372. The van der Waals surface area contributed by atoms with Crippen LogP contribution in [0.4, 0.5) is 5.82 Å². The normalized spacial score (nSPS) is 12.0. The molecule has 136 valence electrons. The summed E-state index contributed by atoms with van der Waals surface area (Å²) >= 11 is 6.20. The molecule has 0 aliphatic rings. The summed E-state index contributed by atoms with van der Waals surface area (Å²) in [6, 6.07) is 6.48. The van der Waals surface area contributed by atoms with Gasteiger partial charge in [0.2, 0.25) is 0 Å². The Bertz CT molecular complexity index is 691. The summed E-state index contributed by atoms with van der Waals surface area (Å²) in [4.78, 5) is 8.24. The van der Waals surface area contributed by atoms with Crippen molar-refractivity contribution < 1.29 is 4.74 Å². The molecule has 0 fully saturated rings. The molecule has 1 aromatic heterocycles. The summed E-state index contributed by atoms with van der Waals surface area (Å²) in [5, 5.41) is 3.79. The molecule has 0 bridgehead atoms. The average molecular weight is 362 g/mol. The SMILES string of the molecule is CCCCCc1ccc(OC(C)CNc2ncnc(C)c2Cl)c(C)c1. The largest absolute Gasteiger partial charge is 0.489 e. The fourth-order valence-electron chi connectivity index (χ4n) is 2.66. The van der Waals surface area contributed by atoms with E-state index in [0.717, 1.165) is 17.9 Å². The standard InChI is InChI=1S/C20H28ClN3O/c1-5-6-7-8-17-9-10-18(14(2)11-17)25-15(3)12-22-20-19(21)16(4)23-13-24-20/h9-11,13,15H,5-8,12H2,1-4H3,(H,22,23,24). The van der Waals surface area contributed by atoms with E-state index < -0.39 is 0 Å². The van der Waals surface area contributed by atoms with Gasteiger partial charge in [-0.2, -0.15) is 0 Å². The fourth-order valence-corrected chi connectivity index (χ4v) is 2.82. The van der Waals surface area contributed by atoms with Gasteiger partial charge in [-0.1, -0.05) is 43.5 Å². The molecular weight excluding hydrogens is 334 g/mol. The Morgan fingerprint density at radius 1 is 1.20 bits per heavy atom. The highest BCUT2D eigenvalue weighted by molar-refractivity contribution is 6.33. The van der Waals surface area contributed by atoms with Gasteiger partial charge in [0.05, 0.1) is 12.2 Å². The molecule has 2 rings (SSSR count). The summed E-state index contributed by atoms with van der Waals surface area (Å²) in [6.45, 7) is 8.84.